The largest absolute Gasteiger partial charge is 0.349 e. The predicted octanol–water partition coefficient (Wildman–Crippen LogP) is 2.11. The molecule has 0 bridgehead atoms. The van der Waals surface area contributed by atoms with E-state index in [0.717, 1.165) is 25.2 Å². The molecule has 1 aliphatic heterocycles. The topological polar surface area (TPSA) is 45.2 Å². The second-order valence-corrected chi connectivity index (χ2v) is 5.82. The van der Waals surface area contributed by atoms with Crippen LogP contribution in [0.5, 0.6) is 0 Å². The van der Waals surface area contributed by atoms with Crippen LogP contribution in [0.25, 0.3) is 0 Å². The highest BCUT2D eigenvalue weighted by Crippen LogP contribution is 2.17. The lowest BCUT2D eigenvalue weighted by Gasteiger charge is -2.35. The summed E-state index contributed by atoms with van der Waals surface area (Å²) in [7, 11) is 2.11. The molecule has 2 atom stereocenters. The second kappa shape index (κ2) is 5.88. The quantitative estimate of drug-likeness (QED) is 0.845. The van der Waals surface area contributed by atoms with Crippen molar-refractivity contribution in [2.75, 3.05) is 20.1 Å². The van der Waals surface area contributed by atoms with E-state index in [-0.39, 0.29) is 11.9 Å². The Hall–Kier alpha value is -1.13. The van der Waals surface area contributed by atoms with Crippen molar-refractivity contribution >= 4 is 17.5 Å². The molecule has 0 saturated carbocycles. The fourth-order valence-electron chi connectivity index (χ4n) is 2.58. The number of nitrogens with zero attached hydrogens (tertiary/aromatic N) is 2. The first-order chi connectivity index (χ1) is 8.95. The Labute approximate surface area is 119 Å². The summed E-state index contributed by atoms with van der Waals surface area (Å²) < 4.78 is 0. The maximum Gasteiger partial charge on any atom is 0.251 e. The summed E-state index contributed by atoms with van der Waals surface area (Å²) in [6.07, 6.45) is 0.987. The number of amides is 1. The van der Waals surface area contributed by atoms with Gasteiger partial charge in [0, 0.05) is 23.8 Å². The summed E-state index contributed by atoms with van der Waals surface area (Å²) in [6, 6.07) is 3.61. The maximum absolute atomic E-state index is 12.2. The smallest absolute Gasteiger partial charge is 0.251 e. The molecular formula is C14H20ClN3O. The number of rotatable bonds is 2. The van der Waals surface area contributed by atoms with Crippen LogP contribution in [0.15, 0.2) is 12.1 Å². The molecule has 1 saturated heterocycles. The van der Waals surface area contributed by atoms with E-state index in [0.29, 0.717) is 16.6 Å². The molecule has 104 valence electrons. The van der Waals surface area contributed by atoms with Crippen molar-refractivity contribution < 1.29 is 4.79 Å². The monoisotopic (exact) mass is 281 g/mol. The number of likely N-dealkylation sites (tertiary alicyclic amines) is 1. The fraction of sp³-hybridized carbons (Fsp3) is 0.571. The van der Waals surface area contributed by atoms with Crippen LogP contribution in [0, 0.1) is 12.8 Å². The number of aryl methyl sites for hydroxylation is 1. The number of hydrogen-bond acceptors (Lipinski definition) is 3. The summed E-state index contributed by atoms with van der Waals surface area (Å²) in [4.78, 5) is 18.6. The van der Waals surface area contributed by atoms with E-state index in [9.17, 15) is 4.79 Å². The summed E-state index contributed by atoms with van der Waals surface area (Å²) in [5, 5.41) is 3.47. The molecule has 2 rings (SSSR count). The molecule has 1 fully saturated rings. The predicted molar refractivity (Wildman–Crippen MR) is 76.5 cm³/mol. The summed E-state index contributed by atoms with van der Waals surface area (Å²) in [5.41, 5.74) is 1.35. The maximum atomic E-state index is 12.2. The average Bonchev–Trinajstić information content (AvgIpc) is 2.31. The third-order valence-corrected chi connectivity index (χ3v) is 3.80. The molecule has 0 radical (unpaired) electrons. The molecule has 1 N–H and O–H groups in total. The van der Waals surface area contributed by atoms with Gasteiger partial charge in [0.25, 0.3) is 5.91 Å². The highest BCUT2D eigenvalue weighted by atomic mass is 35.5. The van der Waals surface area contributed by atoms with Crippen molar-refractivity contribution in [3.63, 3.8) is 0 Å². The first-order valence-electron chi connectivity index (χ1n) is 6.59. The van der Waals surface area contributed by atoms with Gasteiger partial charge in [-0.25, -0.2) is 4.98 Å². The van der Waals surface area contributed by atoms with Gasteiger partial charge >= 0.3 is 0 Å². The lowest BCUT2D eigenvalue weighted by atomic mass is 9.94. The molecule has 2 unspecified atom stereocenters. The Morgan fingerprint density at radius 3 is 2.89 bits per heavy atom. The Balaban J connectivity index is 2.04. The zero-order chi connectivity index (χ0) is 14.0. The fourth-order valence-corrected chi connectivity index (χ4v) is 2.83. The molecule has 0 spiro atoms. The van der Waals surface area contributed by atoms with E-state index in [1.165, 1.54) is 0 Å². The molecule has 19 heavy (non-hydrogen) atoms. The first-order valence-corrected chi connectivity index (χ1v) is 6.97. The van der Waals surface area contributed by atoms with Crippen molar-refractivity contribution in [2.45, 2.75) is 26.3 Å². The number of pyridine rings is 1. The van der Waals surface area contributed by atoms with Gasteiger partial charge in [-0.15, -0.1) is 0 Å². The highest BCUT2D eigenvalue weighted by Gasteiger charge is 2.25. The van der Waals surface area contributed by atoms with Crippen molar-refractivity contribution in [3.05, 3.63) is 28.5 Å². The molecule has 1 aromatic heterocycles. The summed E-state index contributed by atoms with van der Waals surface area (Å²) >= 11 is 5.89. The van der Waals surface area contributed by atoms with Crippen LogP contribution in [-0.4, -0.2) is 42.0 Å². The minimum Gasteiger partial charge on any atom is -0.349 e. The molecular weight excluding hydrogens is 262 g/mol. The van der Waals surface area contributed by atoms with E-state index >= 15 is 0 Å². The van der Waals surface area contributed by atoms with Gasteiger partial charge in [0.15, 0.2) is 0 Å². The zero-order valence-corrected chi connectivity index (χ0v) is 12.4. The number of nitrogens with one attached hydrogen (secondary N) is 1. The zero-order valence-electron chi connectivity index (χ0n) is 11.6. The van der Waals surface area contributed by atoms with Gasteiger partial charge in [-0.1, -0.05) is 18.5 Å². The molecule has 2 heterocycles. The molecule has 0 aliphatic carbocycles. The van der Waals surface area contributed by atoms with Crippen LogP contribution in [-0.2, 0) is 0 Å². The normalized spacial score (nSPS) is 24.2. The number of aromatic nitrogens is 1. The summed E-state index contributed by atoms with van der Waals surface area (Å²) in [5.74, 6) is 0.398. The Kier molecular flexibility index (Phi) is 4.42. The lowest BCUT2D eigenvalue weighted by molar-refractivity contribution is 0.0883. The van der Waals surface area contributed by atoms with Gasteiger partial charge in [0.05, 0.1) is 0 Å². The van der Waals surface area contributed by atoms with Crippen molar-refractivity contribution in [2.24, 2.45) is 5.92 Å². The Morgan fingerprint density at radius 2 is 2.26 bits per heavy atom. The van der Waals surface area contributed by atoms with Crippen molar-refractivity contribution in [1.29, 1.82) is 0 Å². The number of hydrogen-bond donors (Lipinski definition) is 1. The van der Waals surface area contributed by atoms with Crippen molar-refractivity contribution in [1.82, 2.24) is 15.2 Å². The van der Waals surface area contributed by atoms with E-state index in [4.69, 9.17) is 11.6 Å². The second-order valence-electron chi connectivity index (χ2n) is 5.43. The van der Waals surface area contributed by atoms with E-state index in [1.807, 2.05) is 6.92 Å². The molecule has 0 aromatic carbocycles. The summed E-state index contributed by atoms with van der Waals surface area (Å²) in [6.45, 7) is 6.04. The molecule has 1 amide bonds. The van der Waals surface area contributed by atoms with Gasteiger partial charge in [-0.05, 0) is 45.0 Å². The Bertz CT molecular complexity index is 458. The van der Waals surface area contributed by atoms with Crippen LogP contribution in [0.3, 0.4) is 0 Å². The molecule has 1 aliphatic rings. The van der Waals surface area contributed by atoms with Crippen LogP contribution in [0.4, 0.5) is 0 Å². The number of piperidine rings is 1. The van der Waals surface area contributed by atoms with E-state index in [2.05, 4.69) is 29.2 Å². The van der Waals surface area contributed by atoms with Crippen molar-refractivity contribution in [3.8, 4) is 0 Å². The van der Waals surface area contributed by atoms with E-state index < -0.39 is 0 Å². The Morgan fingerprint density at radius 1 is 1.53 bits per heavy atom. The SMILES string of the molecule is Cc1cc(C(=O)NC2CCN(C)CC2C)cc(Cl)n1. The van der Waals surface area contributed by atoms with E-state index in [1.54, 1.807) is 12.1 Å². The lowest BCUT2D eigenvalue weighted by Crippen LogP contribution is -2.48. The van der Waals surface area contributed by atoms with Gasteiger partial charge < -0.3 is 10.2 Å². The first kappa shape index (κ1) is 14.3. The standard InChI is InChI=1S/C14H20ClN3O/c1-9-8-18(3)5-4-12(9)17-14(19)11-6-10(2)16-13(15)7-11/h6-7,9,12H,4-5,8H2,1-3H3,(H,17,19). The van der Waals surface area contributed by atoms with Crippen LogP contribution < -0.4 is 5.32 Å². The average molecular weight is 282 g/mol. The number of carbonyl (C=O) groups excluding carboxylic acids is 1. The van der Waals surface area contributed by atoms with Crippen LogP contribution >= 0.6 is 11.6 Å². The van der Waals surface area contributed by atoms with Crippen LogP contribution in [0.2, 0.25) is 5.15 Å². The minimum absolute atomic E-state index is 0.0613. The molecule has 5 heteroatoms. The molecule has 4 nitrogen and oxygen atoms in total. The molecule has 1 aromatic rings. The van der Waals surface area contributed by atoms with Gasteiger partial charge in [0.1, 0.15) is 5.15 Å². The van der Waals surface area contributed by atoms with Gasteiger partial charge in [-0.2, -0.15) is 0 Å². The minimum atomic E-state index is -0.0613. The third-order valence-electron chi connectivity index (χ3n) is 3.61. The number of halogens is 1. The van der Waals surface area contributed by atoms with Crippen LogP contribution in [0.1, 0.15) is 29.4 Å². The number of carbonyl (C=O) groups is 1. The van der Waals surface area contributed by atoms with Gasteiger partial charge in [-0.3, -0.25) is 4.79 Å². The van der Waals surface area contributed by atoms with Gasteiger partial charge in [0.2, 0.25) is 0 Å². The highest BCUT2D eigenvalue weighted by molar-refractivity contribution is 6.29. The third kappa shape index (κ3) is 3.67.